The molecule has 3 atom stereocenters. The summed E-state index contributed by atoms with van der Waals surface area (Å²) in [5.41, 5.74) is 1.38. The second kappa shape index (κ2) is 12.7. The number of fused-ring (bicyclic) bond motifs is 2. The molecule has 1 saturated heterocycles. The van der Waals surface area contributed by atoms with E-state index < -0.39 is 26.5 Å². The van der Waals surface area contributed by atoms with E-state index in [1.54, 1.807) is 38.3 Å². The first kappa shape index (κ1) is 33.4. The zero-order chi connectivity index (χ0) is 34.6. The lowest BCUT2D eigenvalue weighted by Gasteiger charge is -2.40. The van der Waals surface area contributed by atoms with Crippen LogP contribution in [-0.2, 0) is 40.4 Å². The van der Waals surface area contributed by atoms with E-state index in [0.717, 1.165) is 28.9 Å². The molecule has 1 aromatic carbocycles. The molecule has 0 saturated carbocycles. The highest BCUT2D eigenvalue weighted by Crippen LogP contribution is 2.43. The number of hydrogen-bond acceptors (Lipinski definition) is 8. The van der Waals surface area contributed by atoms with Gasteiger partial charge in [-0.05, 0) is 44.7 Å². The minimum atomic E-state index is -4.80. The second-order valence-corrected chi connectivity index (χ2v) is 15.6. The standard InChI is InChI=1S/C36H39F3N6O3S/c1-24-20-26(48-3)12-18-44(24)34-28-23-43(22-25-10-6-4-7-11-25)17-14-30(28)41-32(42-34)31-27-13-19-45(33(27)40-21-29(31)36(37,38)39)49(46,47)35(2)15-8-5-9-16-35/h4-11,13,15,19,21,24,26H,12,14,16-18,20,22-23H2,1-3H3/t24-,26-,35?/m1/s1. The minimum Gasteiger partial charge on any atom is -0.381 e. The van der Waals surface area contributed by atoms with Crippen molar-refractivity contribution < 1.29 is 26.3 Å². The van der Waals surface area contributed by atoms with Crippen molar-refractivity contribution in [2.45, 2.75) is 75.7 Å². The maximum atomic E-state index is 14.8. The van der Waals surface area contributed by atoms with Gasteiger partial charge in [-0.1, -0.05) is 54.6 Å². The van der Waals surface area contributed by atoms with Crippen LogP contribution in [0.3, 0.4) is 0 Å². The first-order valence-corrected chi connectivity index (χ1v) is 18.0. The SMILES string of the molecule is CO[C@@H]1CCN(c2nc(-c3c(C(F)(F)F)cnc4c3ccn4S(=O)(=O)C3(C)C=CC=CC3)nc3c2CN(Cc2ccccc2)CC3)[C@H](C)C1. The third-order valence-corrected chi connectivity index (χ3v) is 12.4. The number of benzene rings is 1. The Labute approximate surface area is 284 Å². The summed E-state index contributed by atoms with van der Waals surface area (Å²) in [6.07, 6.45) is 6.28. The molecule has 4 aromatic rings. The minimum absolute atomic E-state index is 0.0131. The number of alkyl halides is 3. The Morgan fingerprint density at radius 1 is 1.08 bits per heavy atom. The van der Waals surface area contributed by atoms with Crippen molar-refractivity contribution in [3.8, 4) is 11.4 Å². The molecular weight excluding hydrogens is 653 g/mol. The Bertz CT molecular complexity index is 2050. The number of ether oxygens (including phenoxy) is 1. The molecule has 2 aliphatic heterocycles. The van der Waals surface area contributed by atoms with Gasteiger partial charge in [0.05, 0.1) is 17.4 Å². The van der Waals surface area contributed by atoms with Gasteiger partial charge < -0.3 is 9.64 Å². The van der Waals surface area contributed by atoms with Gasteiger partial charge in [-0.3, -0.25) is 4.90 Å². The van der Waals surface area contributed by atoms with Crippen LogP contribution in [0.15, 0.2) is 73.1 Å². The fourth-order valence-electron chi connectivity index (χ4n) is 7.27. The highest BCUT2D eigenvalue weighted by atomic mass is 32.2. The molecule has 1 fully saturated rings. The molecule has 0 amide bonds. The third kappa shape index (κ3) is 6.06. The van der Waals surface area contributed by atoms with Crippen molar-refractivity contribution in [1.29, 1.82) is 0 Å². The number of pyridine rings is 1. The van der Waals surface area contributed by atoms with Crippen LogP contribution in [0.25, 0.3) is 22.4 Å². The largest absolute Gasteiger partial charge is 0.418 e. The molecule has 258 valence electrons. The highest BCUT2D eigenvalue weighted by Gasteiger charge is 2.42. The van der Waals surface area contributed by atoms with Crippen LogP contribution in [0, 0.1) is 0 Å². The monoisotopic (exact) mass is 692 g/mol. The summed E-state index contributed by atoms with van der Waals surface area (Å²) in [7, 11) is -2.42. The third-order valence-electron chi connectivity index (χ3n) is 10.1. The average Bonchev–Trinajstić information content (AvgIpc) is 3.53. The Hall–Kier alpha value is -4.07. The van der Waals surface area contributed by atoms with Gasteiger partial charge in [-0.25, -0.2) is 27.3 Å². The number of methoxy groups -OCH3 is 1. The van der Waals surface area contributed by atoms with Crippen LogP contribution >= 0.6 is 0 Å². The van der Waals surface area contributed by atoms with E-state index in [4.69, 9.17) is 14.7 Å². The summed E-state index contributed by atoms with van der Waals surface area (Å²) in [5.74, 6) is 0.518. The second-order valence-electron chi connectivity index (χ2n) is 13.4. The van der Waals surface area contributed by atoms with Crippen LogP contribution < -0.4 is 4.90 Å². The smallest absolute Gasteiger partial charge is 0.381 e. The quantitative estimate of drug-likeness (QED) is 0.216. The van der Waals surface area contributed by atoms with Gasteiger partial charge in [-0.2, -0.15) is 13.2 Å². The summed E-state index contributed by atoms with van der Waals surface area (Å²) in [5, 5.41) is 0.0240. The Morgan fingerprint density at radius 3 is 2.57 bits per heavy atom. The zero-order valence-electron chi connectivity index (χ0n) is 27.7. The van der Waals surface area contributed by atoms with Crippen molar-refractivity contribution in [1.82, 2.24) is 23.8 Å². The van der Waals surface area contributed by atoms with Crippen LogP contribution in [0.2, 0.25) is 0 Å². The van der Waals surface area contributed by atoms with Gasteiger partial charge in [0.2, 0.25) is 10.0 Å². The zero-order valence-corrected chi connectivity index (χ0v) is 28.5. The Kier molecular flexibility index (Phi) is 8.65. The number of aromatic nitrogens is 4. The fourth-order valence-corrected chi connectivity index (χ4v) is 8.87. The molecule has 0 bridgehead atoms. The molecule has 1 unspecified atom stereocenters. The van der Waals surface area contributed by atoms with Gasteiger partial charge in [0, 0.05) is 74.7 Å². The summed E-state index contributed by atoms with van der Waals surface area (Å²) in [4.78, 5) is 18.4. The van der Waals surface area contributed by atoms with Crippen molar-refractivity contribution >= 4 is 26.9 Å². The summed E-state index contributed by atoms with van der Waals surface area (Å²) in [6.45, 7) is 6.23. The highest BCUT2D eigenvalue weighted by molar-refractivity contribution is 7.91. The van der Waals surface area contributed by atoms with Crippen molar-refractivity contribution in [3.05, 3.63) is 95.5 Å². The van der Waals surface area contributed by atoms with Crippen LogP contribution in [-0.4, -0.2) is 69.3 Å². The molecule has 5 heterocycles. The van der Waals surface area contributed by atoms with Gasteiger partial charge in [0.15, 0.2) is 11.5 Å². The van der Waals surface area contributed by atoms with Crippen molar-refractivity contribution in [3.63, 3.8) is 0 Å². The van der Waals surface area contributed by atoms with Crippen LogP contribution in [0.5, 0.6) is 0 Å². The molecule has 0 N–H and O–H groups in total. The normalized spacial score (nSPS) is 23.3. The van der Waals surface area contributed by atoms with Gasteiger partial charge in [0.25, 0.3) is 0 Å². The first-order chi connectivity index (χ1) is 23.4. The number of nitrogens with zero attached hydrogens (tertiary/aromatic N) is 6. The lowest BCUT2D eigenvalue weighted by atomic mass is 9.97. The maximum absolute atomic E-state index is 14.8. The summed E-state index contributed by atoms with van der Waals surface area (Å²) < 4.78 is 77.7. The molecule has 13 heteroatoms. The molecular formula is C36H39F3N6O3S. The van der Waals surface area contributed by atoms with Gasteiger partial charge >= 0.3 is 6.18 Å². The number of hydrogen-bond donors (Lipinski definition) is 0. The average molecular weight is 693 g/mol. The van der Waals surface area contributed by atoms with Crippen molar-refractivity contribution in [2.24, 2.45) is 0 Å². The van der Waals surface area contributed by atoms with E-state index in [0.29, 0.717) is 43.8 Å². The predicted molar refractivity (Wildman–Crippen MR) is 182 cm³/mol. The van der Waals surface area contributed by atoms with E-state index in [9.17, 15) is 21.6 Å². The molecule has 9 nitrogen and oxygen atoms in total. The Balaban J connectivity index is 1.39. The van der Waals surface area contributed by atoms with E-state index in [-0.39, 0.29) is 41.0 Å². The fraction of sp³-hybridized carbons (Fsp3) is 0.417. The molecule has 3 aromatic heterocycles. The lowest BCUT2D eigenvalue weighted by Crippen LogP contribution is -2.45. The topological polar surface area (TPSA) is 93.4 Å². The van der Waals surface area contributed by atoms with Gasteiger partial charge in [-0.15, -0.1) is 0 Å². The van der Waals surface area contributed by atoms with E-state index in [2.05, 4.69) is 33.8 Å². The number of allylic oxidation sites excluding steroid dienone is 3. The number of anilines is 1. The van der Waals surface area contributed by atoms with E-state index >= 15 is 0 Å². The summed E-state index contributed by atoms with van der Waals surface area (Å²) in [6, 6.07) is 11.5. The number of rotatable bonds is 7. The predicted octanol–water partition coefficient (Wildman–Crippen LogP) is 6.53. The number of piperidine rings is 1. The summed E-state index contributed by atoms with van der Waals surface area (Å²) >= 11 is 0. The van der Waals surface area contributed by atoms with Crippen LogP contribution in [0.4, 0.5) is 19.0 Å². The first-order valence-electron chi connectivity index (χ1n) is 16.5. The molecule has 0 radical (unpaired) electrons. The number of halogens is 3. The molecule has 49 heavy (non-hydrogen) atoms. The van der Waals surface area contributed by atoms with Crippen LogP contribution in [0.1, 0.15) is 55.5 Å². The molecule has 1 aliphatic carbocycles. The van der Waals surface area contributed by atoms with Gasteiger partial charge in [0.1, 0.15) is 10.6 Å². The van der Waals surface area contributed by atoms with E-state index in [1.165, 1.54) is 17.8 Å². The van der Waals surface area contributed by atoms with E-state index in [1.807, 2.05) is 18.2 Å². The van der Waals surface area contributed by atoms with Crippen molar-refractivity contribution in [2.75, 3.05) is 25.1 Å². The molecule has 7 rings (SSSR count). The lowest BCUT2D eigenvalue weighted by molar-refractivity contribution is -0.137. The maximum Gasteiger partial charge on any atom is 0.418 e. The molecule has 0 spiro atoms. The molecule has 3 aliphatic rings. The Morgan fingerprint density at radius 2 is 1.88 bits per heavy atom.